The maximum atomic E-state index is 12.0. The van der Waals surface area contributed by atoms with Crippen LogP contribution in [0.25, 0.3) is 0 Å². The van der Waals surface area contributed by atoms with Gasteiger partial charge >= 0.3 is 0 Å². The molecule has 19 heavy (non-hydrogen) atoms. The van der Waals surface area contributed by atoms with E-state index in [0.717, 1.165) is 0 Å². The molecule has 1 aliphatic rings. The monoisotopic (exact) mass is 264 g/mol. The van der Waals surface area contributed by atoms with Gasteiger partial charge in [0, 0.05) is 5.56 Å². The molecule has 0 saturated heterocycles. The normalized spacial score (nSPS) is 14.9. The number of hydrogen-bond acceptors (Lipinski definition) is 4. The minimum Gasteiger partial charge on any atom is -0.482 e. The van der Waals surface area contributed by atoms with E-state index in [4.69, 9.17) is 9.84 Å². The number of carbonyl (C=O) groups excluding carboxylic acids is 2. The Hall–Kier alpha value is -2.08. The predicted molar refractivity (Wildman–Crippen MR) is 69.2 cm³/mol. The molecule has 102 valence electrons. The Bertz CT molecular complexity index is 497. The van der Waals surface area contributed by atoms with Crippen molar-refractivity contribution in [2.24, 2.45) is 0 Å². The quantitative estimate of drug-likeness (QED) is 0.739. The van der Waals surface area contributed by atoms with Crippen LogP contribution in [0.1, 0.15) is 23.7 Å². The van der Waals surface area contributed by atoms with Crippen LogP contribution in [0.2, 0.25) is 0 Å². The molecule has 1 aliphatic heterocycles. The first-order valence-corrected chi connectivity index (χ1v) is 6.12. The van der Waals surface area contributed by atoms with Gasteiger partial charge in [-0.25, -0.2) is 0 Å². The molecule has 0 aromatic heterocycles. The summed E-state index contributed by atoms with van der Waals surface area (Å²) in [4.78, 5) is 23.1. The fourth-order valence-corrected chi connectivity index (χ4v) is 1.76. The van der Waals surface area contributed by atoms with E-state index in [2.05, 4.69) is 10.6 Å². The van der Waals surface area contributed by atoms with Gasteiger partial charge in [-0.2, -0.15) is 0 Å². The van der Waals surface area contributed by atoms with Gasteiger partial charge in [0.05, 0.1) is 18.3 Å². The van der Waals surface area contributed by atoms with Gasteiger partial charge in [-0.1, -0.05) is 6.92 Å². The molecular formula is C13H16N2O4. The number of aliphatic hydroxyl groups excluding tert-OH is 1. The molecule has 3 N–H and O–H groups in total. The van der Waals surface area contributed by atoms with Crippen LogP contribution in [-0.4, -0.2) is 36.2 Å². The van der Waals surface area contributed by atoms with Crippen LogP contribution in [0.5, 0.6) is 5.75 Å². The van der Waals surface area contributed by atoms with E-state index in [-0.39, 0.29) is 31.1 Å². The Morgan fingerprint density at radius 1 is 1.58 bits per heavy atom. The van der Waals surface area contributed by atoms with Gasteiger partial charge in [-0.3, -0.25) is 9.59 Å². The van der Waals surface area contributed by atoms with Crippen LogP contribution < -0.4 is 15.4 Å². The molecular weight excluding hydrogens is 248 g/mol. The molecule has 0 bridgehead atoms. The highest BCUT2D eigenvalue weighted by Crippen LogP contribution is 2.28. The summed E-state index contributed by atoms with van der Waals surface area (Å²) in [7, 11) is 0. The molecule has 1 atom stereocenters. The molecule has 0 radical (unpaired) electrons. The van der Waals surface area contributed by atoms with Crippen LogP contribution in [0.4, 0.5) is 5.69 Å². The van der Waals surface area contributed by atoms with Crippen molar-refractivity contribution in [3.63, 3.8) is 0 Å². The van der Waals surface area contributed by atoms with Crippen LogP contribution in [0.15, 0.2) is 18.2 Å². The van der Waals surface area contributed by atoms with E-state index >= 15 is 0 Å². The highest BCUT2D eigenvalue weighted by Gasteiger charge is 2.18. The Morgan fingerprint density at radius 3 is 3.05 bits per heavy atom. The summed E-state index contributed by atoms with van der Waals surface area (Å²) in [6, 6.07) is 4.55. The van der Waals surface area contributed by atoms with Gasteiger partial charge in [-0.15, -0.1) is 0 Å². The molecule has 6 heteroatoms. The van der Waals surface area contributed by atoms with Gasteiger partial charge in [0.2, 0.25) is 0 Å². The smallest absolute Gasteiger partial charge is 0.262 e. The molecule has 0 unspecified atom stereocenters. The molecule has 0 aliphatic carbocycles. The summed E-state index contributed by atoms with van der Waals surface area (Å²) in [5.41, 5.74) is 0.990. The average molecular weight is 264 g/mol. The Labute approximate surface area is 110 Å². The largest absolute Gasteiger partial charge is 0.482 e. The topological polar surface area (TPSA) is 87.7 Å². The highest BCUT2D eigenvalue weighted by molar-refractivity contribution is 5.99. The Morgan fingerprint density at radius 2 is 2.37 bits per heavy atom. The van der Waals surface area contributed by atoms with E-state index in [0.29, 0.717) is 23.4 Å². The van der Waals surface area contributed by atoms with Crippen molar-refractivity contribution in [2.45, 2.75) is 19.4 Å². The zero-order valence-corrected chi connectivity index (χ0v) is 10.6. The zero-order valence-electron chi connectivity index (χ0n) is 10.6. The standard InChI is InChI=1S/C13H16N2O4/c1-2-9(6-16)14-13(18)8-3-4-10-11(5-8)19-7-12(17)15-10/h3-5,9,16H,2,6-7H2,1H3,(H,14,18)(H,15,17)/t9-/m1/s1. The summed E-state index contributed by atoms with van der Waals surface area (Å²) in [6.07, 6.45) is 0.653. The van der Waals surface area contributed by atoms with E-state index in [1.54, 1.807) is 18.2 Å². The first-order chi connectivity index (χ1) is 9.13. The fourth-order valence-electron chi connectivity index (χ4n) is 1.76. The third-order valence-corrected chi connectivity index (χ3v) is 2.93. The van der Waals surface area contributed by atoms with Gasteiger partial charge in [0.25, 0.3) is 11.8 Å². The maximum Gasteiger partial charge on any atom is 0.262 e. The Kier molecular flexibility index (Phi) is 4.01. The van der Waals surface area contributed by atoms with E-state index in [1.807, 2.05) is 6.92 Å². The number of fused-ring (bicyclic) bond motifs is 1. The van der Waals surface area contributed by atoms with Crippen molar-refractivity contribution >= 4 is 17.5 Å². The lowest BCUT2D eigenvalue weighted by atomic mass is 10.1. The SMILES string of the molecule is CC[C@H](CO)NC(=O)c1ccc2c(c1)OCC(=O)N2. The lowest BCUT2D eigenvalue weighted by molar-refractivity contribution is -0.118. The first-order valence-electron chi connectivity index (χ1n) is 6.12. The third-order valence-electron chi connectivity index (χ3n) is 2.93. The van der Waals surface area contributed by atoms with Crippen LogP contribution in [0.3, 0.4) is 0 Å². The minimum absolute atomic E-state index is 0.0493. The number of carbonyl (C=O) groups is 2. The second-order valence-corrected chi connectivity index (χ2v) is 4.31. The number of amides is 2. The summed E-state index contributed by atoms with van der Waals surface area (Å²) in [6.45, 7) is 1.73. The molecule has 1 heterocycles. The summed E-state index contributed by atoms with van der Waals surface area (Å²) < 4.78 is 5.24. The summed E-state index contributed by atoms with van der Waals surface area (Å²) in [5, 5.41) is 14.4. The van der Waals surface area contributed by atoms with Crippen molar-refractivity contribution < 1.29 is 19.4 Å². The lowest BCUT2D eigenvalue weighted by Crippen LogP contribution is -2.37. The molecule has 0 saturated carbocycles. The van der Waals surface area contributed by atoms with Crippen LogP contribution >= 0.6 is 0 Å². The van der Waals surface area contributed by atoms with E-state index < -0.39 is 0 Å². The van der Waals surface area contributed by atoms with Gasteiger partial charge in [-0.05, 0) is 24.6 Å². The zero-order chi connectivity index (χ0) is 13.8. The fraction of sp³-hybridized carbons (Fsp3) is 0.385. The van der Waals surface area contributed by atoms with Crippen molar-refractivity contribution in [3.8, 4) is 5.75 Å². The number of benzene rings is 1. The van der Waals surface area contributed by atoms with Gasteiger partial charge in [0.15, 0.2) is 6.61 Å². The number of aliphatic hydroxyl groups is 1. The maximum absolute atomic E-state index is 12.0. The molecule has 6 nitrogen and oxygen atoms in total. The second kappa shape index (κ2) is 5.71. The molecule has 0 spiro atoms. The summed E-state index contributed by atoms with van der Waals surface area (Å²) in [5.74, 6) is -0.00970. The number of nitrogens with one attached hydrogen (secondary N) is 2. The molecule has 1 aromatic carbocycles. The summed E-state index contributed by atoms with van der Waals surface area (Å²) >= 11 is 0. The number of rotatable bonds is 4. The number of ether oxygens (including phenoxy) is 1. The minimum atomic E-state index is -0.274. The Balaban J connectivity index is 2.13. The van der Waals surface area contributed by atoms with Gasteiger partial charge < -0.3 is 20.5 Å². The number of anilines is 1. The highest BCUT2D eigenvalue weighted by atomic mass is 16.5. The van der Waals surface area contributed by atoms with Crippen molar-refractivity contribution in [1.29, 1.82) is 0 Å². The van der Waals surface area contributed by atoms with Crippen molar-refractivity contribution in [3.05, 3.63) is 23.8 Å². The molecule has 2 amide bonds. The second-order valence-electron chi connectivity index (χ2n) is 4.31. The first kappa shape index (κ1) is 13.4. The van der Waals surface area contributed by atoms with Crippen molar-refractivity contribution in [1.82, 2.24) is 5.32 Å². The van der Waals surface area contributed by atoms with E-state index in [1.165, 1.54) is 0 Å². The average Bonchev–Trinajstić information content (AvgIpc) is 2.43. The molecule has 1 aromatic rings. The third kappa shape index (κ3) is 3.03. The van der Waals surface area contributed by atoms with Crippen LogP contribution in [0, 0.1) is 0 Å². The lowest BCUT2D eigenvalue weighted by Gasteiger charge is -2.19. The predicted octanol–water partition coefficient (Wildman–Crippen LogP) is 0.518. The van der Waals surface area contributed by atoms with Gasteiger partial charge in [0.1, 0.15) is 5.75 Å². The number of hydrogen-bond donors (Lipinski definition) is 3. The van der Waals surface area contributed by atoms with Crippen LogP contribution in [-0.2, 0) is 4.79 Å². The molecule has 0 fully saturated rings. The van der Waals surface area contributed by atoms with Crippen molar-refractivity contribution in [2.75, 3.05) is 18.5 Å². The molecule has 2 rings (SSSR count). The van der Waals surface area contributed by atoms with E-state index in [9.17, 15) is 9.59 Å².